The lowest BCUT2D eigenvalue weighted by atomic mass is 9.95. The maximum atomic E-state index is 12.6. The summed E-state index contributed by atoms with van der Waals surface area (Å²) in [6.07, 6.45) is 1.75. The number of halogens is 1. The molecule has 3 rings (SSSR count). The van der Waals surface area contributed by atoms with Crippen LogP contribution in [0.1, 0.15) is 19.8 Å². The highest BCUT2D eigenvalue weighted by atomic mass is 79.9. The summed E-state index contributed by atoms with van der Waals surface area (Å²) in [5, 5.41) is 5.93. The van der Waals surface area contributed by atoms with Crippen molar-refractivity contribution in [2.75, 3.05) is 23.7 Å². The summed E-state index contributed by atoms with van der Waals surface area (Å²) >= 11 is 3.41. The molecule has 2 aromatic rings. The molecule has 1 aliphatic rings. The first-order valence-electron chi connectivity index (χ1n) is 9.19. The molecule has 0 aliphatic carbocycles. The van der Waals surface area contributed by atoms with E-state index >= 15 is 0 Å². The summed E-state index contributed by atoms with van der Waals surface area (Å²) in [5.41, 5.74) is 1.57. The Morgan fingerprint density at radius 2 is 1.81 bits per heavy atom. The molecule has 0 radical (unpaired) electrons. The number of hydrogen-bond acceptors (Lipinski definition) is 3. The standard InChI is InChI=1S/C21H24BrN3O2/c1-15(20(26)24-19-11-5-8-17(22)13-19)25-12-6-7-16(14-25)21(27)23-18-9-3-2-4-10-18/h2-5,8-11,13,15-16H,6-7,12,14H2,1H3,(H,23,27)(H,24,26)/t15-,16-/m0/s1. The van der Waals surface area contributed by atoms with Crippen LogP contribution in [0.15, 0.2) is 59.1 Å². The number of amides is 2. The van der Waals surface area contributed by atoms with Crippen molar-refractivity contribution in [2.24, 2.45) is 5.92 Å². The van der Waals surface area contributed by atoms with Crippen LogP contribution in [0.25, 0.3) is 0 Å². The molecule has 1 heterocycles. The Morgan fingerprint density at radius 1 is 1.07 bits per heavy atom. The number of nitrogens with zero attached hydrogens (tertiary/aromatic N) is 1. The first-order chi connectivity index (χ1) is 13.0. The van der Waals surface area contributed by atoms with E-state index in [1.54, 1.807) is 0 Å². The lowest BCUT2D eigenvalue weighted by molar-refractivity contribution is -0.125. The molecular weight excluding hydrogens is 406 g/mol. The van der Waals surface area contributed by atoms with Crippen molar-refractivity contribution in [1.82, 2.24) is 4.90 Å². The van der Waals surface area contributed by atoms with E-state index in [-0.39, 0.29) is 23.8 Å². The van der Waals surface area contributed by atoms with Gasteiger partial charge in [0.2, 0.25) is 11.8 Å². The van der Waals surface area contributed by atoms with E-state index in [9.17, 15) is 9.59 Å². The molecule has 0 unspecified atom stereocenters. The summed E-state index contributed by atoms with van der Waals surface area (Å²) in [6.45, 7) is 3.30. The largest absolute Gasteiger partial charge is 0.326 e. The highest BCUT2D eigenvalue weighted by molar-refractivity contribution is 9.10. The third-order valence-corrected chi connectivity index (χ3v) is 5.38. The molecule has 5 nitrogen and oxygen atoms in total. The Bertz CT molecular complexity index is 797. The zero-order valence-electron chi connectivity index (χ0n) is 15.3. The van der Waals surface area contributed by atoms with Crippen LogP contribution in [0, 0.1) is 5.92 Å². The maximum absolute atomic E-state index is 12.6. The minimum atomic E-state index is -0.295. The Labute approximate surface area is 168 Å². The summed E-state index contributed by atoms with van der Waals surface area (Å²) in [4.78, 5) is 27.3. The maximum Gasteiger partial charge on any atom is 0.241 e. The molecule has 2 N–H and O–H groups in total. The zero-order valence-corrected chi connectivity index (χ0v) is 16.9. The molecule has 1 saturated heterocycles. The lowest BCUT2D eigenvalue weighted by Crippen LogP contribution is -2.49. The molecule has 2 atom stereocenters. The van der Waals surface area contributed by atoms with Crippen molar-refractivity contribution in [3.8, 4) is 0 Å². The molecule has 0 spiro atoms. The van der Waals surface area contributed by atoms with Gasteiger partial charge in [0.05, 0.1) is 12.0 Å². The van der Waals surface area contributed by atoms with Gasteiger partial charge >= 0.3 is 0 Å². The second-order valence-electron chi connectivity index (χ2n) is 6.86. The predicted octanol–water partition coefficient (Wildman–Crippen LogP) is 4.13. The molecular formula is C21H24BrN3O2. The molecule has 1 fully saturated rings. The van der Waals surface area contributed by atoms with Gasteiger partial charge in [0.1, 0.15) is 0 Å². The first-order valence-corrected chi connectivity index (χ1v) is 9.98. The lowest BCUT2D eigenvalue weighted by Gasteiger charge is -2.35. The second-order valence-corrected chi connectivity index (χ2v) is 7.78. The summed E-state index contributed by atoms with van der Waals surface area (Å²) in [5.74, 6) is -0.150. The van der Waals surface area contributed by atoms with E-state index in [2.05, 4.69) is 31.5 Å². The quantitative estimate of drug-likeness (QED) is 0.750. The molecule has 27 heavy (non-hydrogen) atoms. The van der Waals surface area contributed by atoms with Crippen LogP contribution in [-0.4, -0.2) is 35.8 Å². The molecule has 1 aliphatic heterocycles. The van der Waals surface area contributed by atoms with Gasteiger partial charge in [-0.15, -0.1) is 0 Å². The average molecular weight is 430 g/mol. The normalized spacial score (nSPS) is 18.5. The Hall–Kier alpha value is -2.18. The van der Waals surface area contributed by atoms with Gasteiger partial charge in [-0.25, -0.2) is 0 Å². The Balaban J connectivity index is 1.57. The van der Waals surface area contributed by atoms with Gasteiger partial charge in [-0.05, 0) is 56.6 Å². The number of benzene rings is 2. The number of hydrogen-bond donors (Lipinski definition) is 2. The van der Waals surface area contributed by atoms with Gasteiger partial charge in [0.25, 0.3) is 0 Å². The fraction of sp³-hybridized carbons (Fsp3) is 0.333. The SMILES string of the molecule is C[C@@H](C(=O)Nc1cccc(Br)c1)N1CCC[C@H](C(=O)Nc2ccccc2)C1. The average Bonchev–Trinajstić information content (AvgIpc) is 2.68. The second kappa shape index (κ2) is 9.15. The van der Waals surface area contributed by atoms with Crippen LogP contribution < -0.4 is 10.6 Å². The van der Waals surface area contributed by atoms with Crippen molar-refractivity contribution in [3.63, 3.8) is 0 Å². The zero-order chi connectivity index (χ0) is 19.2. The molecule has 6 heteroatoms. The number of rotatable bonds is 5. The molecule has 2 aromatic carbocycles. The van der Waals surface area contributed by atoms with Crippen LogP contribution in [0.2, 0.25) is 0 Å². The van der Waals surface area contributed by atoms with E-state index in [0.717, 1.165) is 35.2 Å². The fourth-order valence-corrected chi connectivity index (χ4v) is 3.72. The van der Waals surface area contributed by atoms with Crippen molar-refractivity contribution in [2.45, 2.75) is 25.8 Å². The van der Waals surface area contributed by atoms with Crippen LogP contribution in [0.3, 0.4) is 0 Å². The van der Waals surface area contributed by atoms with E-state index in [1.807, 2.05) is 61.5 Å². The highest BCUT2D eigenvalue weighted by Crippen LogP contribution is 2.22. The van der Waals surface area contributed by atoms with Gasteiger partial charge in [0, 0.05) is 22.4 Å². The number of para-hydroxylation sites is 1. The summed E-state index contributed by atoms with van der Waals surface area (Å²) in [6, 6.07) is 16.7. The smallest absolute Gasteiger partial charge is 0.241 e. The molecule has 0 bridgehead atoms. The van der Waals surface area contributed by atoms with E-state index in [1.165, 1.54) is 0 Å². The van der Waals surface area contributed by atoms with Crippen LogP contribution >= 0.6 is 15.9 Å². The Kier molecular flexibility index (Phi) is 6.63. The van der Waals surface area contributed by atoms with Crippen molar-refractivity contribution >= 4 is 39.1 Å². The number of likely N-dealkylation sites (tertiary alicyclic amines) is 1. The van der Waals surface area contributed by atoms with Gasteiger partial charge in [-0.2, -0.15) is 0 Å². The van der Waals surface area contributed by atoms with Gasteiger partial charge in [0.15, 0.2) is 0 Å². The van der Waals surface area contributed by atoms with Crippen LogP contribution in [0.5, 0.6) is 0 Å². The van der Waals surface area contributed by atoms with Crippen LogP contribution in [-0.2, 0) is 9.59 Å². The van der Waals surface area contributed by atoms with E-state index in [0.29, 0.717) is 6.54 Å². The first kappa shape index (κ1) is 19.6. The molecule has 142 valence electrons. The van der Waals surface area contributed by atoms with Gasteiger partial charge in [-0.1, -0.05) is 40.2 Å². The van der Waals surface area contributed by atoms with Gasteiger partial charge < -0.3 is 10.6 Å². The minimum absolute atomic E-state index is 0.0190. The number of carbonyl (C=O) groups excluding carboxylic acids is 2. The molecule has 2 amide bonds. The summed E-state index contributed by atoms with van der Waals surface area (Å²) < 4.78 is 0.920. The monoisotopic (exact) mass is 429 g/mol. The van der Waals surface area contributed by atoms with E-state index in [4.69, 9.17) is 0 Å². The number of carbonyl (C=O) groups is 2. The number of nitrogens with one attached hydrogen (secondary N) is 2. The summed E-state index contributed by atoms with van der Waals surface area (Å²) in [7, 11) is 0. The predicted molar refractivity (Wildman–Crippen MR) is 112 cm³/mol. The minimum Gasteiger partial charge on any atom is -0.326 e. The van der Waals surface area contributed by atoms with Crippen LogP contribution in [0.4, 0.5) is 11.4 Å². The molecule has 0 saturated carbocycles. The van der Waals surface area contributed by atoms with Crippen molar-refractivity contribution in [3.05, 3.63) is 59.1 Å². The fourth-order valence-electron chi connectivity index (χ4n) is 3.32. The van der Waals surface area contributed by atoms with Crippen molar-refractivity contribution in [1.29, 1.82) is 0 Å². The third-order valence-electron chi connectivity index (χ3n) is 4.88. The number of piperidine rings is 1. The Morgan fingerprint density at radius 3 is 2.56 bits per heavy atom. The molecule has 0 aromatic heterocycles. The topological polar surface area (TPSA) is 61.4 Å². The van der Waals surface area contributed by atoms with Crippen molar-refractivity contribution < 1.29 is 9.59 Å². The highest BCUT2D eigenvalue weighted by Gasteiger charge is 2.30. The van der Waals surface area contributed by atoms with Gasteiger partial charge in [-0.3, -0.25) is 14.5 Å². The third kappa shape index (κ3) is 5.40. The van der Waals surface area contributed by atoms with E-state index < -0.39 is 0 Å². The number of anilines is 2.